The minimum atomic E-state index is -3.75. The first-order chi connectivity index (χ1) is 16.5. The van der Waals surface area contributed by atoms with Gasteiger partial charge in [0.2, 0.25) is 15.9 Å². The Morgan fingerprint density at radius 1 is 1.09 bits per heavy atom. The molecule has 0 bridgehead atoms. The molecule has 2 aliphatic heterocycles. The van der Waals surface area contributed by atoms with E-state index in [9.17, 15) is 18.0 Å². The van der Waals surface area contributed by atoms with E-state index >= 15 is 0 Å². The minimum absolute atomic E-state index is 0.135. The Balaban J connectivity index is 1.49. The highest BCUT2D eigenvalue weighted by atomic mass is 32.2. The number of carbonyl (C=O) groups excluding carboxylic acids is 2. The Hall–Kier alpha value is -3.11. The van der Waals surface area contributed by atoms with Gasteiger partial charge in [-0.1, -0.05) is 18.2 Å². The zero-order valence-corrected chi connectivity index (χ0v) is 21.0. The highest BCUT2D eigenvalue weighted by Gasteiger charge is 2.35. The van der Waals surface area contributed by atoms with Crippen LogP contribution in [0.2, 0.25) is 0 Å². The van der Waals surface area contributed by atoms with Crippen LogP contribution in [0.25, 0.3) is 0 Å². The molecule has 1 saturated heterocycles. The van der Waals surface area contributed by atoms with E-state index in [1.54, 1.807) is 29.2 Å². The summed E-state index contributed by atoms with van der Waals surface area (Å²) < 4.78 is 37.5. The molecule has 0 aliphatic carbocycles. The Kier molecular flexibility index (Phi) is 7.05. The number of hydrogen-bond donors (Lipinski definition) is 1. The summed E-state index contributed by atoms with van der Waals surface area (Å²) >= 11 is 0. The van der Waals surface area contributed by atoms with Gasteiger partial charge in [0, 0.05) is 30.6 Å². The van der Waals surface area contributed by atoms with Crippen molar-refractivity contribution in [3.8, 4) is 5.75 Å². The molecule has 0 radical (unpaired) electrons. The molecule has 2 aromatic rings. The number of ether oxygens (including phenoxy) is 2. The van der Waals surface area contributed by atoms with Gasteiger partial charge in [0.15, 0.2) is 0 Å². The Morgan fingerprint density at radius 2 is 1.74 bits per heavy atom. The van der Waals surface area contributed by atoms with Gasteiger partial charge in [0.25, 0.3) is 5.91 Å². The SMILES string of the molecule is CC1(C)CC(NC(=O)CN(c2ccc(C(=O)N3CCOCC3)cc2)S(C)(=O)=O)c2ccccc2O1. The van der Waals surface area contributed by atoms with E-state index in [4.69, 9.17) is 9.47 Å². The number of hydrogen-bond acceptors (Lipinski definition) is 6. The van der Waals surface area contributed by atoms with E-state index < -0.39 is 21.5 Å². The van der Waals surface area contributed by atoms with E-state index in [1.165, 1.54) is 0 Å². The number of para-hydroxylation sites is 1. The van der Waals surface area contributed by atoms with Crippen LogP contribution in [-0.2, 0) is 19.6 Å². The minimum Gasteiger partial charge on any atom is -0.487 e. The van der Waals surface area contributed by atoms with Gasteiger partial charge in [-0.2, -0.15) is 0 Å². The average Bonchev–Trinajstić information content (AvgIpc) is 2.81. The number of rotatable bonds is 6. The quantitative estimate of drug-likeness (QED) is 0.652. The summed E-state index contributed by atoms with van der Waals surface area (Å²) in [6.07, 6.45) is 1.60. The molecular weight excluding hydrogens is 470 g/mol. The first-order valence-electron chi connectivity index (χ1n) is 11.6. The van der Waals surface area contributed by atoms with Crippen LogP contribution >= 0.6 is 0 Å². The number of anilines is 1. The highest BCUT2D eigenvalue weighted by Crippen LogP contribution is 2.39. The van der Waals surface area contributed by atoms with Crippen LogP contribution in [0, 0.1) is 0 Å². The maximum atomic E-state index is 13.0. The van der Waals surface area contributed by atoms with Crippen LogP contribution < -0.4 is 14.4 Å². The number of benzene rings is 2. The second kappa shape index (κ2) is 9.87. The molecule has 0 saturated carbocycles. The molecule has 2 amide bonds. The summed E-state index contributed by atoms with van der Waals surface area (Å²) in [5, 5.41) is 2.98. The van der Waals surface area contributed by atoms with Gasteiger partial charge in [-0.25, -0.2) is 8.42 Å². The third-order valence-electron chi connectivity index (χ3n) is 6.10. The van der Waals surface area contributed by atoms with Gasteiger partial charge in [-0.15, -0.1) is 0 Å². The summed E-state index contributed by atoms with van der Waals surface area (Å²) in [6.45, 7) is 5.54. The fraction of sp³-hybridized carbons (Fsp3) is 0.440. The molecule has 1 N–H and O–H groups in total. The van der Waals surface area contributed by atoms with Crippen molar-refractivity contribution in [3.63, 3.8) is 0 Å². The summed E-state index contributed by atoms with van der Waals surface area (Å²) in [7, 11) is -3.75. The summed E-state index contributed by atoms with van der Waals surface area (Å²) in [6, 6.07) is 13.5. The molecule has 4 rings (SSSR count). The van der Waals surface area contributed by atoms with Crippen molar-refractivity contribution in [2.24, 2.45) is 0 Å². The van der Waals surface area contributed by atoms with E-state index in [0.29, 0.717) is 49.7 Å². The van der Waals surface area contributed by atoms with Gasteiger partial charge in [0.05, 0.1) is 31.2 Å². The van der Waals surface area contributed by atoms with Gasteiger partial charge in [0.1, 0.15) is 17.9 Å². The molecule has 2 aliphatic rings. The van der Waals surface area contributed by atoms with Crippen LogP contribution in [0.5, 0.6) is 5.75 Å². The largest absolute Gasteiger partial charge is 0.487 e. The van der Waals surface area contributed by atoms with E-state index in [0.717, 1.165) is 16.1 Å². The summed E-state index contributed by atoms with van der Waals surface area (Å²) in [5.74, 6) is 0.139. The predicted molar refractivity (Wildman–Crippen MR) is 132 cm³/mol. The number of amides is 2. The Morgan fingerprint density at radius 3 is 2.40 bits per heavy atom. The number of nitrogens with one attached hydrogen (secondary N) is 1. The lowest BCUT2D eigenvalue weighted by molar-refractivity contribution is -0.120. The van der Waals surface area contributed by atoms with E-state index in [-0.39, 0.29) is 18.5 Å². The maximum Gasteiger partial charge on any atom is 0.254 e. The molecule has 10 heteroatoms. The molecule has 35 heavy (non-hydrogen) atoms. The molecular formula is C25H31N3O6S. The lowest BCUT2D eigenvalue weighted by atomic mass is 9.89. The van der Waals surface area contributed by atoms with Crippen LogP contribution in [-0.4, -0.2) is 69.8 Å². The number of fused-ring (bicyclic) bond motifs is 1. The van der Waals surface area contributed by atoms with Gasteiger partial charge in [-0.3, -0.25) is 13.9 Å². The van der Waals surface area contributed by atoms with Crippen molar-refractivity contribution in [2.75, 3.05) is 43.4 Å². The molecule has 188 valence electrons. The zero-order chi connectivity index (χ0) is 25.2. The van der Waals surface area contributed by atoms with E-state index in [1.807, 2.05) is 38.1 Å². The predicted octanol–water partition coefficient (Wildman–Crippen LogP) is 2.34. The molecule has 9 nitrogen and oxygen atoms in total. The first kappa shape index (κ1) is 25.0. The molecule has 1 atom stereocenters. The molecule has 1 unspecified atom stereocenters. The van der Waals surface area contributed by atoms with Gasteiger partial charge >= 0.3 is 0 Å². The first-order valence-corrected chi connectivity index (χ1v) is 13.4. The van der Waals surface area contributed by atoms with Crippen LogP contribution in [0.1, 0.15) is 42.2 Å². The molecule has 2 heterocycles. The average molecular weight is 502 g/mol. The van der Waals surface area contributed by atoms with Crippen LogP contribution in [0.15, 0.2) is 48.5 Å². The van der Waals surface area contributed by atoms with Crippen LogP contribution in [0.3, 0.4) is 0 Å². The Labute approximate surface area is 206 Å². The van der Waals surface area contributed by atoms with Gasteiger partial charge < -0.3 is 19.7 Å². The molecule has 2 aromatic carbocycles. The van der Waals surface area contributed by atoms with Crippen molar-refractivity contribution in [3.05, 3.63) is 59.7 Å². The van der Waals surface area contributed by atoms with Crippen molar-refractivity contribution in [1.82, 2.24) is 10.2 Å². The summed E-state index contributed by atoms with van der Waals surface area (Å²) in [4.78, 5) is 27.4. The van der Waals surface area contributed by atoms with E-state index in [2.05, 4.69) is 5.32 Å². The molecule has 0 spiro atoms. The number of carbonyl (C=O) groups is 2. The fourth-order valence-corrected chi connectivity index (χ4v) is 5.28. The third kappa shape index (κ3) is 5.94. The monoisotopic (exact) mass is 501 g/mol. The standard InChI is InChI=1S/C25H31N3O6S/c1-25(2)16-21(20-6-4-5-7-22(20)34-25)26-23(29)17-28(35(3,31)32)19-10-8-18(9-11-19)24(30)27-12-14-33-15-13-27/h4-11,21H,12-17H2,1-3H3,(H,26,29). The number of morpholine rings is 1. The van der Waals surface area contributed by atoms with Crippen LogP contribution in [0.4, 0.5) is 5.69 Å². The van der Waals surface area contributed by atoms with Gasteiger partial charge in [-0.05, 0) is 44.2 Å². The van der Waals surface area contributed by atoms with Crippen molar-refractivity contribution >= 4 is 27.5 Å². The van der Waals surface area contributed by atoms with Crippen molar-refractivity contribution in [1.29, 1.82) is 0 Å². The Bertz CT molecular complexity index is 1190. The third-order valence-corrected chi connectivity index (χ3v) is 7.24. The number of nitrogens with zero attached hydrogens (tertiary/aromatic N) is 2. The maximum absolute atomic E-state index is 13.0. The lowest BCUT2D eigenvalue weighted by Crippen LogP contribution is -2.45. The normalized spacial score (nSPS) is 19.3. The second-order valence-electron chi connectivity index (χ2n) is 9.44. The fourth-order valence-electron chi connectivity index (χ4n) is 4.42. The summed E-state index contributed by atoms with van der Waals surface area (Å²) in [5.41, 5.74) is 1.15. The molecule has 1 fully saturated rings. The highest BCUT2D eigenvalue weighted by molar-refractivity contribution is 7.92. The number of sulfonamides is 1. The zero-order valence-electron chi connectivity index (χ0n) is 20.2. The smallest absolute Gasteiger partial charge is 0.254 e. The molecule has 0 aromatic heterocycles. The second-order valence-corrected chi connectivity index (χ2v) is 11.4. The lowest BCUT2D eigenvalue weighted by Gasteiger charge is -2.38. The topological polar surface area (TPSA) is 105 Å². The van der Waals surface area contributed by atoms with Crippen molar-refractivity contribution < 1.29 is 27.5 Å². The van der Waals surface area contributed by atoms with Crippen molar-refractivity contribution in [2.45, 2.75) is 31.9 Å².